The van der Waals surface area contributed by atoms with Crippen molar-refractivity contribution in [3.05, 3.63) is 24.3 Å². The van der Waals surface area contributed by atoms with Gasteiger partial charge in [-0.05, 0) is 44.9 Å². The van der Waals surface area contributed by atoms with Crippen molar-refractivity contribution >= 4 is 11.9 Å². The number of aliphatic hydroxyl groups is 2. The van der Waals surface area contributed by atoms with Crippen LogP contribution in [0.3, 0.4) is 0 Å². The Kier molecular flexibility index (Phi) is 43.1. The molecule has 0 heterocycles. The highest BCUT2D eigenvalue weighted by Crippen LogP contribution is 2.17. The number of hydrogen-bond donors (Lipinski definition) is 3. The fraction of sp³-hybridized carbons (Fsp3) is 0.880. The van der Waals surface area contributed by atoms with Gasteiger partial charge in [0.25, 0.3) is 0 Å². The van der Waals surface area contributed by atoms with Crippen molar-refractivity contribution in [1.29, 1.82) is 0 Å². The van der Waals surface area contributed by atoms with Crippen LogP contribution in [0.2, 0.25) is 0 Å². The highest BCUT2D eigenvalue weighted by molar-refractivity contribution is 5.77. The topological polar surface area (TPSA) is 95.9 Å². The molecule has 3 N–H and O–H groups in total. The molecule has 3 atom stereocenters. The maximum atomic E-state index is 13.1. The van der Waals surface area contributed by atoms with Gasteiger partial charge in [0.2, 0.25) is 5.91 Å². The molecule has 6 heteroatoms. The second kappa shape index (κ2) is 44.4. The average Bonchev–Trinajstić information content (AvgIpc) is 3.19. The fourth-order valence-corrected chi connectivity index (χ4v) is 7.54. The van der Waals surface area contributed by atoms with Gasteiger partial charge in [0, 0.05) is 6.42 Å². The molecule has 0 rings (SSSR count). The molecule has 0 aliphatic carbocycles. The molecule has 56 heavy (non-hydrogen) atoms. The van der Waals surface area contributed by atoms with E-state index >= 15 is 0 Å². The van der Waals surface area contributed by atoms with Gasteiger partial charge >= 0.3 is 5.97 Å². The summed E-state index contributed by atoms with van der Waals surface area (Å²) in [6, 6.07) is -0.710. The third-order valence-electron chi connectivity index (χ3n) is 11.3. The molecule has 0 aliphatic rings. The van der Waals surface area contributed by atoms with E-state index in [2.05, 4.69) is 50.4 Å². The van der Waals surface area contributed by atoms with Gasteiger partial charge in [-0.15, -0.1) is 0 Å². The number of allylic oxidation sites excluding steroid dienone is 4. The highest BCUT2D eigenvalue weighted by Gasteiger charge is 2.24. The summed E-state index contributed by atoms with van der Waals surface area (Å²) in [5.41, 5.74) is 0. The number of aliphatic hydroxyl groups excluding tert-OH is 2. The first-order valence-corrected chi connectivity index (χ1v) is 24.6. The number of carbonyl (C=O) groups is 2. The number of ether oxygens (including phenoxy) is 1. The van der Waals surface area contributed by atoms with E-state index in [1.54, 1.807) is 0 Å². The number of hydrogen-bond acceptors (Lipinski definition) is 5. The summed E-state index contributed by atoms with van der Waals surface area (Å²) in [5, 5.41) is 23.7. The molecule has 330 valence electrons. The Balaban J connectivity index is 4.58. The van der Waals surface area contributed by atoms with Crippen LogP contribution in [0.25, 0.3) is 0 Å². The summed E-state index contributed by atoms with van der Waals surface area (Å²) in [5.74, 6) is -0.514. The third kappa shape index (κ3) is 39.2. The Morgan fingerprint density at radius 3 is 1.36 bits per heavy atom. The molecule has 0 aromatic carbocycles. The first-order valence-electron chi connectivity index (χ1n) is 24.6. The number of unbranched alkanes of at least 4 members (excludes halogenated alkanes) is 29. The summed E-state index contributed by atoms with van der Waals surface area (Å²) in [4.78, 5) is 26.0. The molecule has 1 amide bonds. The molecule has 0 aromatic heterocycles. The molecular formula is C50H95NO5. The van der Waals surface area contributed by atoms with Crippen molar-refractivity contribution in [1.82, 2.24) is 5.32 Å². The summed E-state index contributed by atoms with van der Waals surface area (Å²) in [7, 11) is 0. The van der Waals surface area contributed by atoms with Gasteiger partial charge in [-0.25, -0.2) is 0 Å². The SMILES string of the molecule is CCCCCCCCC/C=C/C=C/CCCC(CC(=O)NC(CO)C(O)CCCCCCCCCCCCCCCC)OC(=O)CCCCCCCCCCC. The van der Waals surface area contributed by atoms with Crippen molar-refractivity contribution < 1.29 is 24.5 Å². The van der Waals surface area contributed by atoms with E-state index < -0.39 is 18.2 Å². The molecule has 0 radical (unpaired) electrons. The van der Waals surface area contributed by atoms with Crippen LogP contribution in [-0.4, -0.2) is 46.9 Å². The van der Waals surface area contributed by atoms with E-state index in [9.17, 15) is 19.8 Å². The predicted octanol–water partition coefficient (Wildman–Crippen LogP) is 14.3. The first-order chi connectivity index (χ1) is 27.5. The zero-order chi connectivity index (χ0) is 41.0. The molecule has 3 unspecified atom stereocenters. The minimum Gasteiger partial charge on any atom is -0.462 e. The molecule has 0 aliphatic heterocycles. The molecule has 6 nitrogen and oxygen atoms in total. The Morgan fingerprint density at radius 1 is 0.518 bits per heavy atom. The first kappa shape index (κ1) is 54.3. The normalized spacial score (nSPS) is 13.4. The minimum absolute atomic E-state index is 0.0492. The lowest BCUT2D eigenvalue weighted by Gasteiger charge is -2.24. The van der Waals surface area contributed by atoms with Crippen LogP contribution in [0, 0.1) is 0 Å². The van der Waals surface area contributed by atoms with Crippen molar-refractivity contribution in [3.63, 3.8) is 0 Å². The van der Waals surface area contributed by atoms with E-state index in [1.807, 2.05) is 0 Å². The summed E-state index contributed by atoms with van der Waals surface area (Å²) in [6.07, 6.45) is 49.6. The molecule has 0 spiro atoms. The van der Waals surface area contributed by atoms with E-state index in [1.165, 1.54) is 154 Å². The van der Waals surface area contributed by atoms with Crippen LogP contribution >= 0.6 is 0 Å². The van der Waals surface area contributed by atoms with Crippen LogP contribution < -0.4 is 5.32 Å². The van der Waals surface area contributed by atoms with E-state index in [-0.39, 0.29) is 24.9 Å². The molecule has 0 bridgehead atoms. The predicted molar refractivity (Wildman–Crippen MR) is 241 cm³/mol. The summed E-state index contributed by atoms with van der Waals surface area (Å²) in [6.45, 7) is 6.45. The lowest BCUT2D eigenvalue weighted by Crippen LogP contribution is -2.46. The van der Waals surface area contributed by atoms with Gasteiger partial charge in [-0.2, -0.15) is 0 Å². The molecule has 0 saturated carbocycles. The van der Waals surface area contributed by atoms with E-state index in [0.717, 1.165) is 57.8 Å². The van der Waals surface area contributed by atoms with Crippen molar-refractivity contribution in [2.24, 2.45) is 0 Å². The van der Waals surface area contributed by atoms with Crippen molar-refractivity contribution in [3.8, 4) is 0 Å². The van der Waals surface area contributed by atoms with Crippen LogP contribution in [0.15, 0.2) is 24.3 Å². The maximum absolute atomic E-state index is 13.1. The zero-order valence-electron chi connectivity index (χ0n) is 37.5. The van der Waals surface area contributed by atoms with Gasteiger partial charge < -0.3 is 20.3 Å². The second-order valence-electron chi connectivity index (χ2n) is 16.9. The van der Waals surface area contributed by atoms with Crippen LogP contribution in [0.5, 0.6) is 0 Å². The van der Waals surface area contributed by atoms with Gasteiger partial charge in [0.1, 0.15) is 6.10 Å². The van der Waals surface area contributed by atoms with Gasteiger partial charge in [0.05, 0.1) is 25.2 Å². The number of amides is 1. The number of rotatable bonds is 44. The number of esters is 1. The second-order valence-corrected chi connectivity index (χ2v) is 16.9. The Morgan fingerprint density at radius 2 is 0.911 bits per heavy atom. The standard InChI is InChI=1S/C50H95NO5/c1-4-7-10-13-16-19-21-23-25-27-30-32-35-38-41-46(56-50(55)43-40-37-34-29-18-15-12-9-6-3)44-49(54)51-47(45-52)48(53)42-39-36-33-31-28-26-24-22-20-17-14-11-8-5-2/h25,27,30,32,46-48,52-53H,4-24,26,28-29,31,33-45H2,1-3H3,(H,51,54)/b27-25+,32-30+. The maximum Gasteiger partial charge on any atom is 0.306 e. The van der Waals surface area contributed by atoms with Gasteiger partial charge in [0.15, 0.2) is 0 Å². The molecule has 0 aromatic rings. The van der Waals surface area contributed by atoms with Crippen molar-refractivity contribution in [2.75, 3.05) is 6.61 Å². The van der Waals surface area contributed by atoms with E-state index in [0.29, 0.717) is 19.3 Å². The summed E-state index contributed by atoms with van der Waals surface area (Å²) >= 11 is 0. The monoisotopic (exact) mass is 790 g/mol. The van der Waals surface area contributed by atoms with Crippen LogP contribution in [-0.2, 0) is 14.3 Å². The largest absolute Gasteiger partial charge is 0.462 e. The smallest absolute Gasteiger partial charge is 0.306 e. The van der Waals surface area contributed by atoms with Crippen LogP contribution in [0.1, 0.15) is 258 Å². The number of nitrogens with one attached hydrogen (secondary N) is 1. The zero-order valence-corrected chi connectivity index (χ0v) is 37.5. The average molecular weight is 790 g/mol. The fourth-order valence-electron chi connectivity index (χ4n) is 7.54. The van der Waals surface area contributed by atoms with Crippen molar-refractivity contribution in [2.45, 2.75) is 277 Å². The Labute approximate surface area is 348 Å². The lowest BCUT2D eigenvalue weighted by atomic mass is 10.0. The number of carbonyl (C=O) groups excluding carboxylic acids is 2. The Hall–Kier alpha value is -1.66. The quantitative estimate of drug-likeness (QED) is 0.0324. The minimum atomic E-state index is -0.794. The molecule has 0 saturated heterocycles. The highest BCUT2D eigenvalue weighted by atomic mass is 16.5. The Bertz CT molecular complexity index is 889. The summed E-state index contributed by atoms with van der Waals surface area (Å²) < 4.78 is 5.88. The van der Waals surface area contributed by atoms with Crippen LogP contribution in [0.4, 0.5) is 0 Å². The molecular weight excluding hydrogens is 695 g/mol. The van der Waals surface area contributed by atoms with E-state index in [4.69, 9.17) is 4.74 Å². The van der Waals surface area contributed by atoms with Gasteiger partial charge in [-0.1, -0.05) is 225 Å². The lowest BCUT2D eigenvalue weighted by molar-refractivity contribution is -0.151. The molecule has 0 fully saturated rings. The van der Waals surface area contributed by atoms with Gasteiger partial charge in [-0.3, -0.25) is 9.59 Å². The third-order valence-corrected chi connectivity index (χ3v) is 11.3.